The second-order valence-electron chi connectivity index (χ2n) is 5.02. The summed E-state index contributed by atoms with van der Waals surface area (Å²) in [6, 6.07) is 11.6. The van der Waals surface area contributed by atoms with Crippen LogP contribution in [-0.2, 0) is 6.42 Å². The van der Waals surface area contributed by atoms with Crippen LogP contribution in [0.15, 0.2) is 36.4 Å². The van der Waals surface area contributed by atoms with Crippen LogP contribution in [0, 0.1) is 0 Å². The van der Waals surface area contributed by atoms with E-state index >= 15 is 0 Å². The van der Waals surface area contributed by atoms with E-state index in [4.69, 9.17) is 0 Å². The second-order valence-corrected chi connectivity index (χ2v) is 5.02. The smallest absolute Gasteiger partial charge is 0.278 e. The number of carbonyl (C=O) groups is 1. The van der Waals surface area contributed by atoms with Crippen LogP contribution in [-0.4, -0.2) is 29.2 Å². The van der Waals surface area contributed by atoms with Crippen molar-refractivity contribution < 1.29 is 4.79 Å². The highest BCUT2D eigenvalue weighted by atomic mass is 16.2. The number of fused-ring (bicyclic) bond motifs is 1. The number of aromatic nitrogens is 2. The third-order valence-electron chi connectivity index (χ3n) is 3.60. The van der Waals surface area contributed by atoms with Gasteiger partial charge in [-0.25, -0.2) is 0 Å². The molecule has 1 aliphatic heterocycles. The standard InChI is InChI=1S/C16H18N4O/c1-2-17-15-10-9-13(18-19-15)16(21)20-11-5-7-12-6-3-4-8-14(12)20/h3-4,6,8-10H,2,5,7,11H2,1H3,(H,17,19). The van der Waals surface area contributed by atoms with Gasteiger partial charge in [0, 0.05) is 18.8 Å². The van der Waals surface area contributed by atoms with Gasteiger partial charge in [-0.05, 0) is 43.5 Å². The summed E-state index contributed by atoms with van der Waals surface area (Å²) in [6.07, 6.45) is 2.00. The van der Waals surface area contributed by atoms with Crippen molar-refractivity contribution in [2.75, 3.05) is 23.3 Å². The zero-order valence-electron chi connectivity index (χ0n) is 12.0. The number of carbonyl (C=O) groups excluding carboxylic acids is 1. The zero-order chi connectivity index (χ0) is 14.7. The van der Waals surface area contributed by atoms with E-state index in [-0.39, 0.29) is 5.91 Å². The molecule has 3 rings (SSSR count). The fraction of sp³-hybridized carbons (Fsp3) is 0.312. The predicted octanol–water partition coefficient (Wildman–Crippen LogP) is 2.50. The fourth-order valence-corrected chi connectivity index (χ4v) is 2.60. The fourth-order valence-electron chi connectivity index (χ4n) is 2.60. The number of benzene rings is 1. The van der Waals surface area contributed by atoms with E-state index < -0.39 is 0 Å². The Morgan fingerprint density at radius 1 is 1.24 bits per heavy atom. The molecule has 2 aromatic rings. The molecule has 0 atom stereocenters. The molecule has 0 saturated carbocycles. The minimum absolute atomic E-state index is 0.0855. The molecule has 5 heteroatoms. The van der Waals surface area contributed by atoms with E-state index in [2.05, 4.69) is 21.6 Å². The molecule has 21 heavy (non-hydrogen) atoms. The van der Waals surface area contributed by atoms with Gasteiger partial charge in [0.2, 0.25) is 0 Å². The number of hydrogen-bond donors (Lipinski definition) is 1. The van der Waals surface area contributed by atoms with Gasteiger partial charge in [-0.1, -0.05) is 18.2 Å². The van der Waals surface area contributed by atoms with Crippen molar-refractivity contribution >= 4 is 17.4 Å². The van der Waals surface area contributed by atoms with Crippen LogP contribution < -0.4 is 10.2 Å². The van der Waals surface area contributed by atoms with E-state index in [1.54, 1.807) is 17.0 Å². The molecule has 1 aliphatic rings. The molecule has 0 radical (unpaired) electrons. The first-order chi connectivity index (χ1) is 10.3. The first-order valence-electron chi connectivity index (χ1n) is 7.27. The molecule has 5 nitrogen and oxygen atoms in total. The molecular weight excluding hydrogens is 264 g/mol. The number of rotatable bonds is 3. The average molecular weight is 282 g/mol. The highest BCUT2D eigenvalue weighted by molar-refractivity contribution is 6.05. The van der Waals surface area contributed by atoms with Crippen molar-refractivity contribution in [3.05, 3.63) is 47.7 Å². The quantitative estimate of drug-likeness (QED) is 0.939. The van der Waals surface area contributed by atoms with Gasteiger partial charge in [-0.15, -0.1) is 10.2 Å². The molecule has 1 aromatic heterocycles. The van der Waals surface area contributed by atoms with Crippen LogP contribution >= 0.6 is 0 Å². The Kier molecular flexibility index (Phi) is 3.81. The molecule has 0 fully saturated rings. The second kappa shape index (κ2) is 5.91. The molecule has 1 aromatic carbocycles. The summed E-state index contributed by atoms with van der Waals surface area (Å²) in [7, 11) is 0. The lowest BCUT2D eigenvalue weighted by Gasteiger charge is -2.29. The molecular formula is C16H18N4O. The van der Waals surface area contributed by atoms with E-state index in [1.807, 2.05) is 25.1 Å². The van der Waals surface area contributed by atoms with Crippen molar-refractivity contribution in [1.82, 2.24) is 10.2 Å². The SMILES string of the molecule is CCNc1ccc(C(=O)N2CCCc3ccccc32)nn1. The summed E-state index contributed by atoms with van der Waals surface area (Å²) in [5.74, 6) is 0.603. The Morgan fingerprint density at radius 3 is 2.86 bits per heavy atom. The van der Waals surface area contributed by atoms with Crippen molar-refractivity contribution in [3.8, 4) is 0 Å². The molecule has 0 spiro atoms. The van der Waals surface area contributed by atoms with Gasteiger partial charge < -0.3 is 10.2 Å². The minimum Gasteiger partial charge on any atom is -0.369 e. The summed E-state index contributed by atoms with van der Waals surface area (Å²) < 4.78 is 0. The number of para-hydroxylation sites is 1. The number of amides is 1. The molecule has 1 amide bonds. The number of hydrogen-bond acceptors (Lipinski definition) is 4. The Bertz CT molecular complexity index is 639. The molecule has 2 heterocycles. The number of nitrogens with zero attached hydrogens (tertiary/aromatic N) is 3. The number of anilines is 2. The highest BCUT2D eigenvalue weighted by Crippen LogP contribution is 2.27. The van der Waals surface area contributed by atoms with Crippen molar-refractivity contribution in [2.45, 2.75) is 19.8 Å². The lowest BCUT2D eigenvalue weighted by atomic mass is 10.0. The van der Waals surface area contributed by atoms with Gasteiger partial charge in [0.25, 0.3) is 5.91 Å². The van der Waals surface area contributed by atoms with Crippen molar-refractivity contribution in [1.29, 1.82) is 0 Å². The Labute approximate surface area is 124 Å². The van der Waals surface area contributed by atoms with Gasteiger partial charge in [-0.2, -0.15) is 0 Å². The predicted molar refractivity (Wildman–Crippen MR) is 82.6 cm³/mol. The molecule has 0 saturated heterocycles. The van der Waals surface area contributed by atoms with Gasteiger partial charge in [0.15, 0.2) is 5.69 Å². The van der Waals surface area contributed by atoms with Crippen LogP contribution in [0.3, 0.4) is 0 Å². The van der Waals surface area contributed by atoms with Crippen molar-refractivity contribution in [2.24, 2.45) is 0 Å². The maximum atomic E-state index is 12.6. The third-order valence-corrected chi connectivity index (χ3v) is 3.60. The Hall–Kier alpha value is -2.43. The summed E-state index contributed by atoms with van der Waals surface area (Å²) in [5.41, 5.74) is 2.59. The lowest BCUT2D eigenvalue weighted by molar-refractivity contribution is 0.0979. The van der Waals surface area contributed by atoms with Gasteiger partial charge >= 0.3 is 0 Å². The van der Waals surface area contributed by atoms with Crippen LogP contribution in [0.4, 0.5) is 11.5 Å². The molecule has 0 unspecified atom stereocenters. The summed E-state index contributed by atoms with van der Waals surface area (Å²) in [5, 5.41) is 11.1. The first-order valence-corrected chi connectivity index (χ1v) is 7.27. The maximum Gasteiger partial charge on any atom is 0.278 e. The third kappa shape index (κ3) is 2.72. The van der Waals surface area contributed by atoms with Gasteiger partial charge in [-0.3, -0.25) is 4.79 Å². The van der Waals surface area contributed by atoms with Crippen LogP contribution in [0.25, 0.3) is 0 Å². The van der Waals surface area contributed by atoms with Gasteiger partial charge in [0.05, 0.1) is 0 Å². The van der Waals surface area contributed by atoms with E-state index in [0.29, 0.717) is 11.5 Å². The molecule has 0 aliphatic carbocycles. The topological polar surface area (TPSA) is 58.1 Å². The largest absolute Gasteiger partial charge is 0.369 e. The van der Waals surface area contributed by atoms with Gasteiger partial charge in [0.1, 0.15) is 5.82 Å². The summed E-state index contributed by atoms with van der Waals surface area (Å²) >= 11 is 0. The van der Waals surface area contributed by atoms with Crippen LogP contribution in [0.1, 0.15) is 29.4 Å². The summed E-state index contributed by atoms with van der Waals surface area (Å²) in [4.78, 5) is 14.4. The van der Waals surface area contributed by atoms with E-state index in [9.17, 15) is 4.79 Å². The molecule has 108 valence electrons. The first kappa shape index (κ1) is 13.5. The minimum atomic E-state index is -0.0855. The maximum absolute atomic E-state index is 12.6. The zero-order valence-corrected chi connectivity index (χ0v) is 12.0. The van der Waals surface area contributed by atoms with E-state index in [1.165, 1.54) is 5.56 Å². The van der Waals surface area contributed by atoms with E-state index in [0.717, 1.165) is 31.6 Å². The lowest BCUT2D eigenvalue weighted by Crippen LogP contribution is -2.36. The normalized spacial score (nSPS) is 13.7. The highest BCUT2D eigenvalue weighted by Gasteiger charge is 2.24. The van der Waals surface area contributed by atoms with Crippen molar-refractivity contribution in [3.63, 3.8) is 0 Å². The molecule has 1 N–H and O–H groups in total. The number of aryl methyl sites for hydroxylation is 1. The Balaban J connectivity index is 1.86. The Morgan fingerprint density at radius 2 is 2.10 bits per heavy atom. The monoisotopic (exact) mass is 282 g/mol. The van der Waals surface area contributed by atoms with Crippen LogP contribution in [0.2, 0.25) is 0 Å². The number of nitrogens with one attached hydrogen (secondary N) is 1. The molecule has 0 bridgehead atoms. The van der Waals surface area contributed by atoms with Crippen LogP contribution in [0.5, 0.6) is 0 Å². The average Bonchev–Trinajstić information content (AvgIpc) is 2.55. The summed E-state index contributed by atoms with van der Waals surface area (Å²) in [6.45, 7) is 3.50.